The Balaban J connectivity index is 3.50. The van der Waals surface area contributed by atoms with Crippen LogP contribution in [-0.2, 0) is 0 Å². The number of nitrogens with zero attached hydrogens (tertiary/aromatic N) is 2. The number of aliphatic imine (C=N–C) groups is 1. The summed E-state index contributed by atoms with van der Waals surface area (Å²) >= 11 is 0. The van der Waals surface area contributed by atoms with Crippen LogP contribution in [0.4, 0.5) is 0 Å². The number of nitro groups is 1. The molecule has 0 amide bonds. The average Bonchev–Trinajstić information content (AvgIpc) is 2.29. The fraction of sp³-hybridized carbons (Fsp3) is 0.889. The molecule has 0 bridgehead atoms. The molecule has 1 atom stereocenters. The summed E-state index contributed by atoms with van der Waals surface area (Å²) in [7, 11) is 0. The maximum atomic E-state index is 10.0. The van der Waals surface area contributed by atoms with Crippen molar-refractivity contribution in [1.29, 1.82) is 0 Å². The van der Waals surface area contributed by atoms with Crippen molar-refractivity contribution >= 4 is 5.96 Å². The first-order chi connectivity index (χ1) is 8.56. The van der Waals surface area contributed by atoms with Gasteiger partial charge < -0.3 is 22.5 Å². The molecule has 0 saturated heterocycles. The van der Waals surface area contributed by atoms with Gasteiger partial charge in [0.25, 0.3) is 5.96 Å². The minimum absolute atomic E-state index is 0.0441. The van der Waals surface area contributed by atoms with Crippen LogP contribution >= 0.6 is 0 Å². The monoisotopic (exact) mass is 261 g/mol. The van der Waals surface area contributed by atoms with Crippen LogP contribution in [0.25, 0.3) is 0 Å². The van der Waals surface area contributed by atoms with Crippen molar-refractivity contribution in [2.45, 2.75) is 25.3 Å². The molecule has 18 heavy (non-hydrogen) atoms. The zero-order valence-corrected chi connectivity index (χ0v) is 10.5. The molecule has 8 N–H and O–H groups in total. The lowest BCUT2D eigenvalue weighted by atomic mass is 10.1. The molecule has 0 aliphatic heterocycles. The molecule has 0 heterocycles. The number of hydrogen-bond acceptors (Lipinski definition) is 6. The van der Waals surface area contributed by atoms with E-state index in [1.54, 1.807) is 5.43 Å². The molecule has 0 radical (unpaired) electrons. The van der Waals surface area contributed by atoms with E-state index >= 15 is 0 Å². The van der Waals surface area contributed by atoms with E-state index in [2.05, 4.69) is 10.3 Å². The van der Waals surface area contributed by atoms with E-state index < -0.39 is 5.03 Å². The topological polar surface area (TPSA) is 158 Å². The summed E-state index contributed by atoms with van der Waals surface area (Å²) in [6.07, 6.45) is 2.45. The predicted molar refractivity (Wildman–Crippen MR) is 70.4 cm³/mol. The molecule has 0 fully saturated rings. The summed E-state index contributed by atoms with van der Waals surface area (Å²) in [5.41, 5.74) is 18.2. The highest BCUT2D eigenvalue weighted by molar-refractivity contribution is 5.76. The van der Waals surface area contributed by atoms with E-state index in [4.69, 9.17) is 17.2 Å². The average molecular weight is 261 g/mol. The van der Waals surface area contributed by atoms with E-state index in [0.717, 1.165) is 32.4 Å². The van der Waals surface area contributed by atoms with Crippen LogP contribution in [0.3, 0.4) is 0 Å². The molecule has 0 aliphatic carbocycles. The second-order valence-corrected chi connectivity index (χ2v) is 3.88. The van der Waals surface area contributed by atoms with Gasteiger partial charge in [-0.05, 0) is 32.4 Å². The quantitative estimate of drug-likeness (QED) is 0.101. The van der Waals surface area contributed by atoms with Crippen molar-refractivity contribution in [1.82, 2.24) is 10.7 Å². The van der Waals surface area contributed by atoms with Gasteiger partial charge in [-0.3, -0.25) is 0 Å². The van der Waals surface area contributed by atoms with Crippen LogP contribution in [-0.4, -0.2) is 43.2 Å². The minimum Gasteiger partial charge on any atom is -0.365 e. The van der Waals surface area contributed by atoms with Crippen LogP contribution in [0, 0.1) is 10.1 Å². The van der Waals surface area contributed by atoms with Crippen molar-refractivity contribution in [3.05, 3.63) is 10.1 Å². The van der Waals surface area contributed by atoms with Crippen molar-refractivity contribution in [3.8, 4) is 0 Å². The van der Waals surface area contributed by atoms with E-state index in [1.165, 1.54) is 0 Å². The Morgan fingerprint density at radius 2 is 2.17 bits per heavy atom. The second kappa shape index (κ2) is 10.7. The predicted octanol–water partition coefficient (Wildman–Crippen LogP) is -1.87. The van der Waals surface area contributed by atoms with Gasteiger partial charge in [-0.1, -0.05) is 5.43 Å². The second-order valence-electron chi connectivity index (χ2n) is 3.88. The van der Waals surface area contributed by atoms with Gasteiger partial charge in [0, 0.05) is 19.1 Å². The summed E-state index contributed by atoms with van der Waals surface area (Å²) in [4.78, 5) is 13.8. The van der Waals surface area contributed by atoms with Crippen molar-refractivity contribution in [2.75, 3.05) is 26.2 Å². The number of hydrazine groups is 1. The molecule has 9 nitrogen and oxygen atoms in total. The lowest BCUT2D eigenvalue weighted by Gasteiger charge is -2.11. The summed E-state index contributed by atoms with van der Waals surface area (Å²) < 4.78 is 0. The molecule has 0 rings (SSSR count). The van der Waals surface area contributed by atoms with Crippen LogP contribution in [0.2, 0.25) is 0 Å². The van der Waals surface area contributed by atoms with Gasteiger partial charge in [0.15, 0.2) is 5.03 Å². The highest BCUT2D eigenvalue weighted by Crippen LogP contribution is 1.94. The van der Waals surface area contributed by atoms with Crippen molar-refractivity contribution in [2.24, 2.45) is 22.2 Å². The van der Waals surface area contributed by atoms with Gasteiger partial charge in [0.2, 0.25) is 0 Å². The summed E-state index contributed by atoms with van der Waals surface area (Å²) in [5, 5.41) is 12.5. The molecule has 0 unspecified atom stereocenters. The molecule has 0 spiro atoms. The number of hydrogen-bond donors (Lipinski definition) is 5. The number of nitrogens with two attached hydrogens (primary N) is 3. The molecule has 0 aromatic heterocycles. The lowest BCUT2D eigenvalue weighted by Crippen LogP contribution is -2.36. The molecule has 0 saturated carbocycles. The molecule has 106 valence electrons. The zero-order chi connectivity index (χ0) is 13.8. The smallest absolute Gasteiger partial charge is 0.251 e. The van der Waals surface area contributed by atoms with Crippen LogP contribution in [0.1, 0.15) is 19.3 Å². The highest BCUT2D eigenvalue weighted by atomic mass is 16.7. The van der Waals surface area contributed by atoms with Gasteiger partial charge >= 0.3 is 0 Å². The Morgan fingerprint density at radius 1 is 1.44 bits per heavy atom. The van der Waals surface area contributed by atoms with Crippen molar-refractivity contribution < 1.29 is 5.03 Å². The Morgan fingerprint density at radius 3 is 2.78 bits per heavy atom. The van der Waals surface area contributed by atoms with Crippen molar-refractivity contribution in [3.63, 3.8) is 0 Å². The standard InChI is InChI=1S/C9H23N7O2/c10-4-2-5-13-7-8(11)3-1-6-14-9(12)15-16(17)18/h8,13H,1-7,10-11H2,(H3,12,14,15)/t8-/m0/s1. The van der Waals surface area contributed by atoms with Gasteiger partial charge in [0.05, 0.1) is 0 Å². The molecule has 0 aliphatic rings. The van der Waals surface area contributed by atoms with Gasteiger partial charge in [-0.15, -0.1) is 0 Å². The first kappa shape index (κ1) is 16.6. The molecule has 0 aromatic rings. The Kier molecular flexibility index (Phi) is 9.83. The molecule has 0 aromatic carbocycles. The van der Waals surface area contributed by atoms with E-state index in [9.17, 15) is 10.1 Å². The molecular formula is C9H23N7O2. The Bertz CT molecular complexity index is 259. The number of rotatable bonds is 10. The van der Waals surface area contributed by atoms with Gasteiger partial charge in [-0.2, -0.15) is 0 Å². The van der Waals surface area contributed by atoms with Crippen LogP contribution in [0.15, 0.2) is 4.99 Å². The lowest BCUT2D eigenvalue weighted by molar-refractivity contribution is -0.525. The molecular weight excluding hydrogens is 238 g/mol. The number of nitrogens with one attached hydrogen (secondary N) is 2. The van der Waals surface area contributed by atoms with E-state index in [1.807, 2.05) is 0 Å². The highest BCUT2D eigenvalue weighted by Gasteiger charge is 2.02. The maximum absolute atomic E-state index is 10.0. The fourth-order valence-corrected chi connectivity index (χ4v) is 1.30. The third kappa shape index (κ3) is 11.0. The maximum Gasteiger partial charge on any atom is 0.251 e. The first-order valence-corrected chi connectivity index (χ1v) is 5.93. The SMILES string of the molecule is NCCCNC[C@@H](N)CCCN=C(N)N[N+](=O)[O-]. The molecule has 9 heteroatoms. The normalized spacial score (nSPS) is 13.3. The van der Waals surface area contributed by atoms with Gasteiger partial charge in [-0.25, -0.2) is 15.1 Å². The van der Waals surface area contributed by atoms with Gasteiger partial charge in [0.1, 0.15) is 0 Å². The fourth-order valence-electron chi connectivity index (χ4n) is 1.30. The largest absolute Gasteiger partial charge is 0.365 e. The minimum atomic E-state index is -0.744. The van der Waals surface area contributed by atoms with Crippen LogP contribution in [0.5, 0.6) is 0 Å². The van der Waals surface area contributed by atoms with Crippen LogP contribution < -0.4 is 27.9 Å². The van der Waals surface area contributed by atoms with E-state index in [0.29, 0.717) is 13.1 Å². The Hall–Kier alpha value is -1.45. The Labute approximate surface area is 106 Å². The number of guanidine groups is 1. The zero-order valence-electron chi connectivity index (χ0n) is 10.5. The van der Waals surface area contributed by atoms with E-state index in [-0.39, 0.29) is 12.0 Å². The third-order valence-electron chi connectivity index (χ3n) is 2.19. The summed E-state index contributed by atoms with van der Waals surface area (Å²) in [6.45, 7) is 2.68. The first-order valence-electron chi connectivity index (χ1n) is 5.93. The summed E-state index contributed by atoms with van der Waals surface area (Å²) in [5.74, 6) is -0.186. The third-order valence-corrected chi connectivity index (χ3v) is 2.19. The summed E-state index contributed by atoms with van der Waals surface area (Å²) in [6, 6.07) is 0.0441.